The summed E-state index contributed by atoms with van der Waals surface area (Å²) in [6.07, 6.45) is 5.15. The van der Waals surface area contributed by atoms with E-state index >= 15 is 4.39 Å². The van der Waals surface area contributed by atoms with Crippen LogP contribution in [-0.2, 0) is 6.42 Å². The normalized spacial score (nSPS) is 25.7. The van der Waals surface area contributed by atoms with Crippen LogP contribution >= 0.6 is 0 Å². The Balaban J connectivity index is 1.38. The first-order chi connectivity index (χ1) is 21.1. The third-order valence-electron chi connectivity index (χ3n) is 9.91. The monoisotopic (exact) mass is 603 g/mol. The molecule has 3 aliphatic heterocycles. The van der Waals surface area contributed by atoms with Crippen molar-refractivity contribution >= 4 is 27.5 Å². The largest absolute Gasteiger partial charge is 0.508 e. The molecule has 0 radical (unpaired) electrons. The first-order valence-electron chi connectivity index (χ1n) is 15.7. The number of alkyl halides is 1. The number of piperidine rings is 1. The molecule has 0 bridgehead atoms. The molecular formula is C34H39F2N5O3. The minimum Gasteiger partial charge on any atom is -0.508 e. The predicted molar refractivity (Wildman–Crippen MR) is 167 cm³/mol. The van der Waals surface area contributed by atoms with Gasteiger partial charge in [0.15, 0.2) is 0 Å². The van der Waals surface area contributed by atoms with Crippen LogP contribution in [-0.4, -0.2) is 80.2 Å². The van der Waals surface area contributed by atoms with Gasteiger partial charge in [-0.05, 0) is 87.0 Å². The summed E-state index contributed by atoms with van der Waals surface area (Å²) < 4.78 is 35.8. The number of phenols is 1. The zero-order chi connectivity index (χ0) is 30.8. The molecule has 44 heavy (non-hydrogen) atoms. The minimum atomic E-state index is -0.872. The summed E-state index contributed by atoms with van der Waals surface area (Å²) in [7, 11) is 0. The smallest absolute Gasteiger partial charge is 0.319 e. The molecule has 3 fully saturated rings. The second-order valence-corrected chi connectivity index (χ2v) is 13.2. The number of aliphatic hydroxyl groups is 1. The molecule has 3 saturated heterocycles. The highest BCUT2D eigenvalue weighted by Gasteiger charge is 2.49. The summed E-state index contributed by atoms with van der Waals surface area (Å²) in [5, 5.41) is 23.7. The molecule has 0 spiro atoms. The van der Waals surface area contributed by atoms with Crippen LogP contribution in [0.4, 0.5) is 14.6 Å². The molecule has 0 unspecified atom stereocenters. The molecule has 2 aromatic carbocycles. The SMILES string of the molecule is CCc1c(F)ccc2cc(O)cc(-c3ncc4c(N5CCC[C@@](C)(O)C5)nc(OC[C@@]56CCCN5C[C@H](F)C6)nc4c3C)c12. The van der Waals surface area contributed by atoms with Crippen molar-refractivity contribution < 1.29 is 23.7 Å². The Labute approximate surface area is 255 Å². The number of rotatable bonds is 6. The molecule has 3 atom stereocenters. The van der Waals surface area contributed by atoms with E-state index in [2.05, 4.69) is 9.80 Å². The van der Waals surface area contributed by atoms with Crippen LogP contribution in [0.25, 0.3) is 32.9 Å². The van der Waals surface area contributed by atoms with Gasteiger partial charge in [-0.1, -0.05) is 13.0 Å². The van der Waals surface area contributed by atoms with E-state index in [1.807, 2.05) is 20.8 Å². The predicted octanol–water partition coefficient (Wildman–Crippen LogP) is 5.87. The maximum absolute atomic E-state index is 15.0. The highest BCUT2D eigenvalue weighted by Crippen LogP contribution is 2.42. The van der Waals surface area contributed by atoms with Gasteiger partial charge >= 0.3 is 6.01 Å². The highest BCUT2D eigenvalue weighted by molar-refractivity contribution is 6.03. The number of benzene rings is 2. The van der Waals surface area contributed by atoms with Crippen molar-refractivity contribution in [1.82, 2.24) is 19.9 Å². The Bertz CT molecular complexity index is 1770. The van der Waals surface area contributed by atoms with Crippen molar-refractivity contribution in [3.8, 4) is 23.0 Å². The van der Waals surface area contributed by atoms with E-state index in [0.717, 1.165) is 36.8 Å². The number of hydrogen-bond donors (Lipinski definition) is 2. The number of fused-ring (bicyclic) bond motifs is 3. The van der Waals surface area contributed by atoms with E-state index in [4.69, 9.17) is 19.7 Å². The van der Waals surface area contributed by atoms with Crippen molar-refractivity contribution in [2.45, 2.75) is 76.6 Å². The molecule has 7 rings (SSSR count). The summed E-state index contributed by atoms with van der Waals surface area (Å²) in [6.45, 7) is 8.36. The van der Waals surface area contributed by atoms with Gasteiger partial charge in [0.05, 0.1) is 27.7 Å². The second-order valence-electron chi connectivity index (χ2n) is 13.2. The van der Waals surface area contributed by atoms with E-state index < -0.39 is 11.8 Å². The second kappa shape index (κ2) is 10.8. The number of hydrogen-bond acceptors (Lipinski definition) is 8. The van der Waals surface area contributed by atoms with Crippen LogP contribution in [0.15, 0.2) is 30.5 Å². The lowest BCUT2D eigenvalue weighted by molar-refractivity contribution is 0.0447. The Morgan fingerprint density at radius 1 is 1.14 bits per heavy atom. The average Bonchev–Trinajstić information content (AvgIpc) is 3.51. The van der Waals surface area contributed by atoms with Crippen LogP contribution in [0, 0.1) is 12.7 Å². The standard InChI is InChI=1S/C34H39F2N5O3/c1-4-24-27(36)8-7-21-13-23(42)14-25(28(21)24)29-20(2)30-26(16-37-29)31(40-11-5-9-33(3,43)18-40)39-32(38-30)44-19-34-10-6-12-41(34)17-22(35)15-34/h7-8,13-14,16,22,42-43H,4-6,9-12,15,17-19H2,1-3H3/t22-,33-,34+/m1/s1. The molecule has 0 amide bonds. The molecule has 0 aliphatic carbocycles. The Morgan fingerprint density at radius 2 is 1.95 bits per heavy atom. The number of nitrogens with zero attached hydrogens (tertiary/aromatic N) is 5. The fourth-order valence-corrected chi connectivity index (χ4v) is 7.84. The number of phenolic OH excluding ortho intramolecular Hbond substituents is 1. The molecule has 10 heteroatoms. The molecule has 2 N–H and O–H groups in total. The van der Waals surface area contributed by atoms with Crippen molar-refractivity contribution in [2.75, 3.05) is 37.7 Å². The topological polar surface area (TPSA) is 94.8 Å². The molecule has 3 aliphatic rings. The molecule has 0 saturated carbocycles. The number of β-amino-alcohol motifs (C(OH)–C–C–N with tert-alkyl or cyclic N) is 1. The zero-order valence-corrected chi connectivity index (χ0v) is 25.5. The van der Waals surface area contributed by atoms with E-state index in [1.165, 1.54) is 6.07 Å². The summed E-state index contributed by atoms with van der Waals surface area (Å²) >= 11 is 0. The van der Waals surface area contributed by atoms with E-state index in [0.29, 0.717) is 84.4 Å². The Morgan fingerprint density at radius 3 is 2.75 bits per heavy atom. The third-order valence-corrected chi connectivity index (χ3v) is 9.91. The molecule has 2 aromatic heterocycles. The lowest BCUT2D eigenvalue weighted by Crippen LogP contribution is -2.46. The number of anilines is 1. The van der Waals surface area contributed by atoms with E-state index in [-0.39, 0.29) is 23.1 Å². The highest BCUT2D eigenvalue weighted by atomic mass is 19.1. The van der Waals surface area contributed by atoms with E-state index in [1.54, 1.807) is 24.4 Å². The maximum Gasteiger partial charge on any atom is 0.319 e. The Hall–Kier alpha value is -3.63. The number of aromatic hydroxyl groups is 1. The lowest BCUT2D eigenvalue weighted by Gasteiger charge is -2.38. The van der Waals surface area contributed by atoms with Gasteiger partial charge < -0.3 is 19.8 Å². The maximum atomic E-state index is 15.0. The first kappa shape index (κ1) is 29.1. The number of aryl methyl sites for hydroxylation is 2. The minimum absolute atomic E-state index is 0.0634. The summed E-state index contributed by atoms with van der Waals surface area (Å²) in [6, 6.07) is 6.57. The number of pyridine rings is 1. The van der Waals surface area contributed by atoms with Crippen LogP contribution in [0.3, 0.4) is 0 Å². The fraction of sp³-hybridized carbons (Fsp3) is 0.500. The van der Waals surface area contributed by atoms with Gasteiger partial charge in [0.1, 0.15) is 30.2 Å². The number of aromatic nitrogens is 3. The van der Waals surface area contributed by atoms with Gasteiger partial charge in [-0.15, -0.1) is 0 Å². The van der Waals surface area contributed by atoms with Gasteiger partial charge in [-0.2, -0.15) is 9.97 Å². The molecule has 8 nitrogen and oxygen atoms in total. The van der Waals surface area contributed by atoms with E-state index in [9.17, 15) is 14.6 Å². The van der Waals surface area contributed by atoms with Gasteiger partial charge in [0.25, 0.3) is 0 Å². The van der Waals surface area contributed by atoms with Crippen molar-refractivity contribution in [1.29, 1.82) is 0 Å². The number of halogens is 2. The van der Waals surface area contributed by atoms with Crippen LogP contribution in [0.2, 0.25) is 0 Å². The van der Waals surface area contributed by atoms with Gasteiger partial charge in [0.2, 0.25) is 0 Å². The van der Waals surface area contributed by atoms with Crippen LogP contribution < -0.4 is 9.64 Å². The van der Waals surface area contributed by atoms with Crippen molar-refractivity contribution in [3.05, 3.63) is 47.4 Å². The van der Waals surface area contributed by atoms with Crippen LogP contribution in [0.1, 0.15) is 57.1 Å². The number of ether oxygens (including phenoxy) is 1. The fourth-order valence-electron chi connectivity index (χ4n) is 7.84. The summed E-state index contributed by atoms with van der Waals surface area (Å²) in [4.78, 5) is 18.9. The van der Waals surface area contributed by atoms with Crippen molar-refractivity contribution in [3.63, 3.8) is 0 Å². The summed E-state index contributed by atoms with van der Waals surface area (Å²) in [5.41, 5.74) is 1.90. The molecular weight excluding hydrogens is 564 g/mol. The summed E-state index contributed by atoms with van der Waals surface area (Å²) in [5.74, 6) is 0.392. The molecule has 5 heterocycles. The van der Waals surface area contributed by atoms with Gasteiger partial charge in [0, 0.05) is 43.4 Å². The quantitative estimate of drug-likeness (QED) is 0.283. The van der Waals surface area contributed by atoms with Gasteiger partial charge in [-0.3, -0.25) is 9.88 Å². The van der Waals surface area contributed by atoms with Crippen LogP contribution in [0.5, 0.6) is 11.8 Å². The van der Waals surface area contributed by atoms with Crippen molar-refractivity contribution in [2.24, 2.45) is 0 Å². The van der Waals surface area contributed by atoms with Gasteiger partial charge in [-0.25, -0.2) is 8.78 Å². The molecule has 232 valence electrons. The zero-order valence-electron chi connectivity index (χ0n) is 25.5. The third kappa shape index (κ3) is 4.92. The Kier molecular flexibility index (Phi) is 7.12. The first-order valence-corrected chi connectivity index (χ1v) is 15.7. The lowest BCUT2D eigenvalue weighted by atomic mass is 9.93. The average molecular weight is 604 g/mol. The molecule has 4 aromatic rings.